The molecular weight excluding hydrogens is 240 g/mol. The molecule has 0 aromatic rings. The van der Waals surface area contributed by atoms with E-state index in [0.717, 1.165) is 38.5 Å². The second-order valence-corrected chi connectivity index (χ2v) is 5.92. The Morgan fingerprint density at radius 2 is 1.84 bits per heavy atom. The SMILES string of the molecule is O=C(CNCCCC1CCCC1)NC1CCOCC1. The first-order valence-electron chi connectivity index (χ1n) is 7.92. The minimum Gasteiger partial charge on any atom is -0.381 e. The summed E-state index contributed by atoms with van der Waals surface area (Å²) >= 11 is 0. The number of hydrogen-bond donors (Lipinski definition) is 2. The summed E-state index contributed by atoms with van der Waals surface area (Å²) in [6.07, 6.45) is 10.1. The highest BCUT2D eigenvalue weighted by Crippen LogP contribution is 2.28. The second-order valence-electron chi connectivity index (χ2n) is 5.92. The second kappa shape index (κ2) is 8.54. The number of nitrogens with one attached hydrogen (secondary N) is 2. The number of carbonyl (C=O) groups is 1. The van der Waals surface area contributed by atoms with Gasteiger partial charge in [-0.1, -0.05) is 25.7 Å². The van der Waals surface area contributed by atoms with Crippen molar-refractivity contribution in [2.45, 2.75) is 57.4 Å². The molecule has 0 spiro atoms. The predicted molar refractivity (Wildman–Crippen MR) is 76.0 cm³/mol. The van der Waals surface area contributed by atoms with E-state index in [9.17, 15) is 4.79 Å². The lowest BCUT2D eigenvalue weighted by molar-refractivity contribution is -0.121. The highest BCUT2D eigenvalue weighted by Gasteiger charge is 2.16. The average molecular weight is 268 g/mol. The van der Waals surface area contributed by atoms with Gasteiger partial charge >= 0.3 is 0 Å². The minimum absolute atomic E-state index is 0.132. The topological polar surface area (TPSA) is 50.4 Å². The highest BCUT2D eigenvalue weighted by atomic mass is 16.5. The monoisotopic (exact) mass is 268 g/mol. The molecule has 1 heterocycles. The van der Waals surface area contributed by atoms with Crippen LogP contribution in [0.3, 0.4) is 0 Å². The molecule has 1 saturated carbocycles. The number of rotatable bonds is 7. The molecule has 4 heteroatoms. The molecule has 0 atom stereocenters. The van der Waals surface area contributed by atoms with Gasteiger partial charge < -0.3 is 15.4 Å². The molecule has 0 unspecified atom stereocenters. The van der Waals surface area contributed by atoms with Crippen molar-refractivity contribution in [2.24, 2.45) is 5.92 Å². The van der Waals surface area contributed by atoms with Gasteiger partial charge in [-0.2, -0.15) is 0 Å². The third kappa shape index (κ3) is 5.91. The van der Waals surface area contributed by atoms with Gasteiger partial charge in [0.2, 0.25) is 5.91 Å². The summed E-state index contributed by atoms with van der Waals surface area (Å²) in [4.78, 5) is 11.7. The van der Waals surface area contributed by atoms with Crippen LogP contribution in [0.1, 0.15) is 51.4 Å². The smallest absolute Gasteiger partial charge is 0.234 e. The van der Waals surface area contributed by atoms with Crippen LogP contribution in [0.5, 0.6) is 0 Å². The van der Waals surface area contributed by atoms with E-state index < -0.39 is 0 Å². The zero-order chi connectivity index (χ0) is 13.3. The van der Waals surface area contributed by atoms with E-state index in [4.69, 9.17) is 4.74 Å². The van der Waals surface area contributed by atoms with Gasteiger partial charge in [0, 0.05) is 19.3 Å². The van der Waals surface area contributed by atoms with Crippen LogP contribution in [0.4, 0.5) is 0 Å². The number of hydrogen-bond acceptors (Lipinski definition) is 3. The highest BCUT2D eigenvalue weighted by molar-refractivity contribution is 5.78. The van der Waals surface area contributed by atoms with Crippen molar-refractivity contribution < 1.29 is 9.53 Å². The summed E-state index contributed by atoms with van der Waals surface area (Å²) in [7, 11) is 0. The molecule has 2 N–H and O–H groups in total. The van der Waals surface area contributed by atoms with Crippen molar-refractivity contribution in [2.75, 3.05) is 26.3 Å². The van der Waals surface area contributed by atoms with Gasteiger partial charge in [0.15, 0.2) is 0 Å². The predicted octanol–water partition coefficient (Wildman–Crippen LogP) is 1.84. The number of ether oxygens (including phenoxy) is 1. The van der Waals surface area contributed by atoms with Crippen molar-refractivity contribution in [1.82, 2.24) is 10.6 Å². The maximum Gasteiger partial charge on any atom is 0.234 e. The molecular formula is C15H28N2O2. The summed E-state index contributed by atoms with van der Waals surface area (Å²) in [5.41, 5.74) is 0. The summed E-state index contributed by atoms with van der Waals surface area (Å²) in [6, 6.07) is 0.321. The molecule has 2 fully saturated rings. The van der Waals surface area contributed by atoms with E-state index >= 15 is 0 Å². The third-order valence-electron chi connectivity index (χ3n) is 4.31. The maximum atomic E-state index is 11.7. The Hall–Kier alpha value is -0.610. The van der Waals surface area contributed by atoms with Crippen LogP contribution in [0.15, 0.2) is 0 Å². The summed E-state index contributed by atoms with van der Waals surface area (Å²) in [5.74, 6) is 1.09. The summed E-state index contributed by atoms with van der Waals surface area (Å²) in [6.45, 7) is 2.99. The molecule has 0 aromatic carbocycles. The molecule has 110 valence electrons. The lowest BCUT2D eigenvalue weighted by Gasteiger charge is -2.23. The quantitative estimate of drug-likeness (QED) is 0.693. The number of carbonyl (C=O) groups excluding carboxylic acids is 1. The van der Waals surface area contributed by atoms with Crippen LogP contribution in [-0.4, -0.2) is 38.3 Å². The standard InChI is InChI=1S/C15H28N2O2/c18-15(17-14-7-10-19-11-8-14)12-16-9-3-6-13-4-1-2-5-13/h13-14,16H,1-12H2,(H,17,18). The molecule has 1 saturated heterocycles. The van der Waals surface area contributed by atoms with Gasteiger partial charge in [-0.05, 0) is 38.1 Å². The van der Waals surface area contributed by atoms with E-state index in [1.165, 1.54) is 38.5 Å². The van der Waals surface area contributed by atoms with Crippen LogP contribution in [0.2, 0.25) is 0 Å². The average Bonchev–Trinajstić information content (AvgIpc) is 2.92. The Bertz CT molecular complexity index is 259. The zero-order valence-electron chi connectivity index (χ0n) is 12.0. The lowest BCUT2D eigenvalue weighted by atomic mass is 10.0. The van der Waals surface area contributed by atoms with Crippen molar-refractivity contribution in [3.8, 4) is 0 Å². The molecule has 1 aliphatic heterocycles. The van der Waals surface area contributed by atoms with Gasteiger partial charge in [0.05, 0.1) is 6.54 Å². The lowest BCUT2D eigenvalue weighted by Crippen LogP contribution is -2.43. The minimum atomic E-state index is 0.132. The van der Waals surface area contributed by atoms with Gasteiger partial charge in [-0.15, -0.1) is 0 Å². The Kier molecular flexibility index (Phi) is 6.65. The summed E-state index contributed by atoms with van der Waals surface area (Å²) in [5, 5.41) is 6.32. The molecule has 19 heavy (non-hydrogen) atoms. The summed E-state index contributed by atoms with van der Waals surface area (Å²) < 4.78 is 5.28. The first-order chi connectivity index (χ1) is 9.34. The third-order valence-corrected chi connectivity index (χ3v) is 4.31. The first kappa shape index (κ1) is 14.8. The Morgan fingerprint density at radius 3 is 2.58 bits per heavy atom. The Balaban J connectivity index is 1.44. The molecule has 0 bridgehead atoms. The van der Waals surface area contributed by atoms with Gasteiger partial charge in [-0.25, -0.2) is 0 Å². The van der Waals surface area contributed by atoms with E-state index in [1.807, 2.05) is 0 Å². The molecule has 4 nitrogen and oxygen atoms in total. The van der Waals surface area contributed by atoms with Crippen LogP contribution in [0, 0.1) is 5.92 Å². The van der Waals surface area contributed by atoms with Crippen molar-refractivity contribution in [3.05, 3.63) is 0 Å². The normalized spacial score (nSPS) is 21.7. The first-order valence-corrected chi connectivity index (χ1v) is 7.92. The van der Waals surface area contributed by atoms with Crippen LogP contribution in [0.25, 0.3) is 0 Å². The molecule has 1 aliphatic carbocycles. The van der Waals surface area contributed by atoms with Crippen LogP contribution >= 0.6 is 0 Å². The molecule has 1 amide bonds. The molecule has 0 radical (unpaired) electrons. The van der Waals surface area contributed by atoms with Gasteiger partial charge in [-0.3, -0.25) is 4.79 Å². The van der Waals surface area contributed by atoms with Gasteiger partial charge in [0.1, 0.15) is 0 Å². The fourth-order valence-electron chi connectivity index (χ4n) is 3.14. The van der Waals surface area contributed by atoms with E-state index in [1.54, 1.807) is 0 Å². The number of amides is 1. The van der Waals surface area contributed by atoms with E-state index in [-0.39, 0.29) is 5.91 Å². The fraction of sp³-hybridized carbons (Fsp3) is 0.933. The zero-order valence-corrected chi connectivity index (χ0v) is 12.0. The van der Waals surface area contributed by atoms with E-state index in [2.05, 4.69) is 10.6 Å². The molecule has 2 aliphatic rings. The fourth-order valence-corrected chi connectivity index (χ4v) is 3.14. The van der Waals surface area contributed by atoms with Crippen molar-refractivity contribution in [3.63, 3.8) is 0 Å². The largest absolute Gasteiger partial charge is 0.381 e. The molecule has 2 rings (SSSR count). The van der Waals surface area contributed by atoms with Crippen molar-refractivity contribution >= 4 is 5.91 Å². The van der Waals surface area contributed by atoms with Gasteiger partial charge in [0.25, 0.3) is 0 Å². The van der Waals surface area contributed by atoms with Crippen molar-refractivity contribution in [1.29, 1.82) is 0 Å². The van der Waals surface area contributed by atoms with E-state index in [0.29, 0.717) is 12.6 Å². The van der Waals surface area contributed by atoms with Crippen LogP contribution in [-0.2, 0) is 9.53 Å². The van der Waals surface area contributed by atoms with Crippen LogP contribution < -0.4 is 10.6 Å². The Morgan fingerprint density at radius 1 is 1.11 bits per heavy atom. The molecule has 0 aromatic heterocycles. The Labute approximate surface area is 116 Å². The maximum absolute atomic E-state index is 11.7.